The predicted octanol–water partition coefficient (Wildman–Crippen LogP) is 2.02. The van der Waals surface area contributed by atoms with E-state index in [-0.39, 0.29) is 5.54 Å². The third kappa shape index (κ3) is 1.52. The molecule has 0 radical (unpaired) electrons. The number of nitrogens with zero attached hydrogens (tertiary/aromatic N) is 1. The molecule has 84 valence electrons. The lowest BCUT2D eigenvalue weighted by Gasteiger charge is -2.30. The Balaban J connectivity index is 1.98. The van der Waals surface area contributed by atoms with Crippen LogP contribution in [0.1, 0.15) is 17.5 Å². The van der Waals surface area contributed by atoms with Crippen LogP contribution in [0.4, 0.5) is 0 Å². The Hall–Kier alpha value is -1.03. The fourth-order valence-corrected chi connectivity index (χ4v) is 3.18. The van der Waals surface area contributed by atoms with Gasteiger partial charge in [0.2, 0.25) is 0 Å². The summed E-state index contributed by atoms with van der Waals surface area (Å²) in [5, 5.41) is 0. The summed E-state index contributed by atoms with van der Waals surface area (Å²) in [5.41, 5.74) is 8.28. The van der Waals surface area contributed by atoms with Crippen LogP contribution in [0.2, 0.25) is 0 Å². The molecule has 2 N–H and O–H groups in total. The van der Waals surface area contributed by atoms with E-state index in [2.05, 4.69) is 39.1 Å². The van der Waals surface area contributed by atoms with Gasteiger partial charge in [-0.05, 0) is 30.0 Å². The number of aliphatic imine (C=N–C) groups is 1. The van der Waals surface area contributed by atoms with E-state index >= 15 is 0 Å². The summed E-state index contributed by atoms with van der Waals surface area (Å²) in [7, 11) is 0. The molecule has 1 atom stereocenters. The highest BCUT2D eigenvalue weighted by Crippen LogP contribution is 2.37. The van der Waals surface area contributed by atoms with Gasteiger partial charge >= 0.3 is 0 Å². The van der Waals surface area contributed by atoms with E-state index in [4.69, 9.17) is 10.5 Å². The molecule has 1 aliphatic heterocycles. The summed E-state index contributed by atoms with van der Waals surface area (Å²) in [6.07, 6.45) is 2.99. The quantitative estimate of drug-likeness (QED) is 0.791. The minimum absolute atomic E-state index is 0.0993. The van der Waals surface area contributed by atoms with Crippen LogP contribution in [-0.4, -0.2) is 18.2 Å². The van der Waals surface area contributed by atoms with E-state index < -0.39 is 0 Å². The molecule has 0 fully saturated rings. The van der Waals surface area contributed by atoms with E-state index in [9.17, 15) is 0 Å². The molecule has 1 aromatic rings. The topological polar surface area (TPSA) is 47.6 Å². The highest BCUT2D eigenvalue weighted by atomic mass is 79.9. The molecule has 1 aromatic carbocycles. The van der Waals surface area contributed by atoms with E-state index in [1.54, 1.807) is 0 Å². The number of hydrogen-bond acceptors (Lipinski definition) is 3. The molecule has 0 amide bonds. The minimum Gasteiger partial charge on any atom is -0.463 e. The van der Waals surface area contributed by atoms with Crippen LogP contribution < -0.4 is 5.73 Å². The summed E-state index contributed by atoms with van der Waals surface area (Å²) >= 11 is 3.60. The van der Waals surface area contributed by atoms with Crippen LogP contribution in [0.3, 0.4) is 0 Å². The monoisotopic (exact) mass is 280 g/mol. The van der Waals surface area contributed by atoms with Crippen LogP contribution in [-0.2, 0) is 17.6 Å². The van der Waals surface area contributed by atoms with Crippen molar-refractivity contribution in [3.8, 4) is 0 Å². The van der Waals surface area contributed by atoms with Gasteiger partial charge in [0.1, 0.15) is 12.1 Å². The third-order valence-electron chi connectivity index (χ3n) is 3.41. The van der Waals surface area contributed by atoms with Gasteiger partial charge < -0.3 is 10.5 Å². The Morgan fingerprint density at radius 1 is 1.44 bits per heavy atom. The molecule has 0 saturated carbocycles. The fraction of sp³-hybridized carbons (Fsp3) is 0.417. The lowest BCUT2D eigenvalue weighted by atomic mass is 9.79. The van der Waals surface area contributed by atoms with Crippen molar-refractivity contribution in [1.29, 1.82) is 0 Å². The molecular formula is C12H13BrN2O. The molecule has 1 heterocycles. The zero-order chi connectivity index (χ0) is 11.2. The number of halogens is 1. The summed E-state index contributed by atoms with van der Waals surface area (Å²) < 4.78 is 6.51. The summed E-state index contributed by atoms with van der Waals surface area (Å²) in [4.78, 5) is 4.46. The van der Waals surface area contributed by atoms with Crippen molar-refractivity contribution >= 4 is 22.0 Å². The largest absolute Gasteiger partial charge is 0.463 e. The number of fused-ring (bicyclic) bond motifs is 1. The molecule has 1 spiro atoms. The Bertz CT molecular complexity index is 472. The van der Waals surface area contributed by atoms with E-state index in [1.165, 1.54) is 15.6 Å². The van der Waals surface area contributed by atoms with Gasteiger partial charge in [0.25, 0.3) is 6.02 Å². The first-order chi connectivity index (χ1) is 7.69. The highest BCUT2D eigenvalue weighted by Gasteiger charge is 2.39. The molecule has 3 rings (SSSR count). The summed E-state index contributed by atoms with van der Waals surface area (Å²) in [6.45, 7) is 0.630. The SMILES string of the molecule is NC1=NC2(CCc3c(Br)cccc3C2)CO1. The standard InChI is InChI=1S/C12H13BrN2O/c13-10-3-1-2-8-6-12(5-4-9(8)10)7-16-11(14)15-12/h1-3H,4-7H2,(H2,14,15). The van der Waals surface area contributed by atoms with Crippen LogP contribution in [0.5, 0.6) is 0 Å². The van der Waals surface area contributed by atoms with Gasteiger partial charge in [0.15, 0.2) is 0 Å². The lowest BCUT2D eigenvalue weighted by molar-refractivity contribution is 0.235. The zero-order valence-electron chi connectivity index (χ0n) is 8.87. The molecule has 1 unspecified atom stereocenters. The Morgan fingerprint density at radius 3 is 3.06 bits per heavy atom. The second kappa shape index (κ2) is 3.48. The molecule has 0 bridgehead atoms. The fourth-order valence-electron chi connectivity index (χ4n) is 2.57. The van der Waals surface area contributed by atoms with Gasteiger partial charge in [-0.15, -0.1) is 0 Å². The number of ether oxygens (including phenoxy) is 1. The van der Waals surface area contributed by atoms with Gasteiger partial charge in [0.05, 0.1) is 0 Å². The number of amidine groups is 1. The van der Waals surface area contributed by atoms with Crippen molar-refractivity contribution in [2.45, 2.75) is 24.8 Å². The first kappa shape index (κ1) is 10.1. The second-order valence-electron chi connectivity index (χ2n) is 4.52. The van der Waals surface area contributed by atoms with Crippen LogP contribution in [0.25, 0.3) is 0 Å². The first-order valence-corrected chi connectivity index (χ1v) is 6.22. The maximum atomic E-state index is 5.61. The number of hydrogen-bond donors (Lipinski definition) is 1. The molecule has 2 aliphatic rings. The average molecular weight is 281 g/mol. The average Bonchev–Trinajstić information content (AvgIpc) is 2.60. The Morgan fingerprint density at radius 2 is 2.31 bits per heavy atom. The maximum Gasteiger partial charge on any atom is 0.282 e. The van der Waals surface area contributed by atoms with Crippen LogP contribution in [0, 0.1) is 0 Å². The summed E-state index contributed by atoms with van der Waals surface area (Å²) in [6, 6.07) is 6.69. The van der Waals surface area contributed by atoms with Crippen molar-refractivity contribution in [3.63, 3.8) is 0 Å². The number of rotatable bonds is 0. The predicted molar refractivity (Wildman–Crippen MR) is 66.5 cm³/mol. The van der Waals surface area contributed by atoms with Gasteiger partial charge in [-0.3, -0.25) is 0 Å². The molecule has 0 saturated heterocycles. The van der Waals surface area contributed by atoms with Crippen molar-refractivity contribution in [1.82, 2.24) is 0 Å². The lowest BCUT2D eigenvalue weighted by Crippen LogP contribution is -2.35. The zero-order valence-corrected chi connectivity index (χ0v) is 10.5. The molecular weight excluding hydrogens is 268 g/mol. The van der Waals surface area contributed by atoms with Crippen molar-refractivity contribution in [2.24, 2.45) is 10.7 Å². The molecule has 4 heteroatoms. The smallest absolute Gasteiger partial charge is 0.282 e. The molecule has 1 aliphatic carbocycles. The normalized spacial score (nSPS) is 27.4. The van der Waals surface area contributed by atoms with Crippen molar-refractivity contribution in [3.05, 3.63) is 33.8 Å². The van der Waals surface area contributed by atoms with Crippen molar-refractivity contribution in [2.75, 3.05) is 6.61 Å². The summed E-state index contributed by atoms with van der Waals surface area (Å²) in [5.74, 6) is 0. The van der Waals surface area contributed by atoms with E-state index in [1.807, 2.05) is 0 Å². The van der Waals surface area contributed by atoms with Gasteiger partial charge in [-0.25, -0.2) is 4.99 Å². The Kier molecular flexibility index (Phi) is 2.21. The van der Waals surface area contributed by atoms with Crippen molar-refractivity contribution < 1.29 is 4.74 Å². The van der Waals surface area contributed by atoms with Crippen LogP contribution >= 0.6 is 15.9 Å². The van der Waals surface area contributed by atoms with Gasteiger partial charge in [-0.2, -0.15) is 0 Å². The van der Waals surface area contributed by atoms with Gasteiger partial charge in [-0.1, -0.05) is 28.1 Å². The Labute approximate surface area is 103 Å². The van der Waals surface area contributed by atoms with Gasteiger partial charge in [0, 0.05) is 10.9 Å². The van der Waals surface area contributed by atoms with E-state index in [0.717, 1.165) is 19.3 Å². The molecule has 0 aromatic heterocycles. The molecule has 3 nitrogen and oxygen atoms in total. The number of benzene rings is 1. The number of nitrogens with two attached hydrogens (primary N) is 1. The minimum atomic E-state index is -0.0993. The third-order valence-corrected chi connectivity index (χ3v) is 4.15. The maximum absolute atomic E-state index is 5.61. The molecule has 16 heavy (non-hydrogen) atoms. The van der Waals surface area contributed by atoms with E-state index in [0.29, 0.717) is 12.6 Å². The first-order valence-electron chi connectivity index (χ1n) is 5.43. The highest BCUT2D eigenvalue weighted by molar-refractivity contribution is 9.10. The second-order valence-corrected chi connectivity index (χ2v) is 5.37. The van der Waals surface area contributed by atoms with Crippen LogP contribution in [0.15, 0.2) is 27.7 Å².